The molecule has 0 aromatic heterocycles. The van der Waals surface area contributed by atoms with Crippen molar-refractivity contribution in [1.29, 1.82) is 0 Å². The molecule has 0 atom stereocenters. The lowest BCUT2D eigenvalue weighted by molar-refractivity contribution is 0.108. The maximum atomic E-state index is 10.7. The molecule has 1 aromatic carbocycles. The van der Waals surface area contributed by atoms with Crippen LogP contribution in [0.4, 0.5) is 0 Å². The van der Waals surface area contributed by atoms with Gasteiger partial charge in [-0.05, 0) is 5.56 Å². The maximum Gasteiger partial charge on any atom is 0.295 e. The summed E-state index contributed by atoms with van der Waals surface area (Å²) in [6.45, 7) is 0. The molecule has 0 aliphatic heterocycles. The molecule has 0 fully saturated rings. The molecular formula is C7H8AlO2. The lowest BCUT2D eigenvalue weighted by atomic mass is 10.2. The van der Waals surface area contributed by atoms with Crippen molar-refractivity contribution in [2.45, 2.75) is 0 Å². The van der Waals surface area contributed by atoms with Crippen molar-refractivity contribution in [2.24, 2.45) is 0 Å². The van der Waals surface area contributed by atoms with Gasteiger partial charge >= 0.3 is 0 Å². The molecule has 0 spiro atoms. The largest absolute Gasteiger partial charge is 0.412 e. The van der Waals surface area contributed by atoms with Crippen molar-refractivity contribution in [3.05, 3.63) is 35.9 Å². The Bertz CT molecular complexity index is 208. The first-order chi connectivity index (χ1) is 4.30. The van der Waals surface area contributed by atoms with Crippen LogP contribution in [0.1, 0.15) is 10.4 Å². The van der Waals surface area contributed by atoms with Crippen molar-refractivity contribution < 1.29 is 10.3 Å². The Morgan fingerprint density at radius 3 is 2.00 bits per heavy atom. The van der Waals surface area contributed by atoms with Crippen LogP contribution in [0.3, 0.4) is 0 Å². The lowest BCUT2D eigenvalue weighted by Crippen LogP contribution is -1.94. The molecule has 0 saturated carbocycles. The van der Waals surface area contributed by atoms with Crippen LogP contribution in [0.5, 0.6) is 0 Å². The molecule has 51 valence electrons. The number of rotatable bonds is 1. The van der Waals surface area contributed by atoms with Crippen LogP contribution in [0, 0.1) is 0 Å². The van der Waals surface area contributed by atoms with Gasteiger partial charge in [0.05, 0.1) is 4.65 Å². The fraction of sp³-hybridized carbons (Fsp3) is 0. The van der Waals surface area contributed by atoms with Crippen molar-refractivity contribution in [2.75, 3.05) is 0 Å². The Labute approximate surface area is 67.6 Å². The van der Waals surface area contributed by atoms with E-state index in [2.05, 4.69) is 0 Å². The quantitative estimate of drug-likeness (QED) is 0.517. The van der Waals surface area contributed by atoms with E-state index in [4.69, 9.17) is 0 Å². The zero-order chi connectivity index (χ0) is 6.69. The molecule has 0 bridgehead atoms. The van der Waals surface area contributed by atoms with Gasteiger partial charge in [-0.1, -0.05) is 30.3 Å². The summed E-state index contributed by atoms with van der Waals surface area (Å²) >= 11 is 1.38. The highest BCUT2D eigenvalue weighted by Crippen LogP contribution is 1.95. The number of carbonyl (C=O) groups excluding carboxylic acids is 1. The first-order valence-electron chi connectivity index (χ1n) is 2.72. The molecule has 2 nitrogen and oxygen atoms in total. The normalized spacial score (nSPS) is 8.00. The molecule has 3 heteroatoms. The van der Waals surface area contributed by atoms with E-state index in [-0.39, 0.29) is 10.1 Å². The van der Waals surface area contributed by atoms with E-state index in [0.29, 0.717) is 0 Å². The topological polar surface area (TPSA) is 48.6 Å². The summed E-state index contributed by atoms with van der Waals surface area (Å²) in [5, 5.41) is 0. The average Bonchev–Trinajstić information content (AvgIpc) is 1.90. The minimum Gasteiger partial charge on any atom is -0.412 e. The molecule has 10 heavy (non-hydrogen) atoms. The number of carbonyl (C=O) groups is 1. The van der Waals surface area contributed by atoms with Gasteiger partial charge in [-0.15, -0.1) is 0 Å². The zero-order valence-electron chi connectivity index (χ0n) is 5.50. The summed E-state index contributed by atoms with van der Waals surface area (Å²) in [5.74, 6) is 0. The van der Waals surface area contributed by atoms with Crippen LogP contribution in [0.25, 0.3) is 0 Å². The first kappa shape index (κ1) is 9.38. The Morgan fingerprint density at radius 1 is 1.20 bits per heavy atom. The van der Waals surface area contributed by atoms with E-state index in [1.807, 2.05) is 30.3 Å². The van der Waals surface area contributed by atoms with Gasteiger partial charge in [-0.25, -0.2) is 0 Å². The van der Waals surface area contributed by atoms with Crippen LogP contribution in [0.2, 0.25) is 0 Å². The van der Waals surface area contributed by atoms with Crippen LogP contribution in [0.15, 0.2) is 30.3 Å². The highest BCUT2D eigenvalue weighted by molar-refractivity contribution is 6.62. The van der Waals surface area contributed by atoms with Gasteiger partial charge < -0.3 is 10.3 Å². The second-order valence-corrected chi connectivity index (χ2v) is 2.43. The van der Waals surface area contributed by atoms with Gasteiger partial charge in [-0.3, -0.25) is 0 Å². The van der Waals surface area contributed by atoms with Crippen LogP contribution < -0.4 is 0 Å². The highest BCUT2D eigenvalue weighted by Gasteiger charge is 1.91. The van der Waals surface area contributed by atoms with Gasteiger partial charge in [0.25, 0.3) is 16.3 Å². The van der Waals surface area contributed by atoms with Crippen LogP contribution in [-0.2, 0) is 0 Å². The SMILES string of the molecule is O.O=[C]([AlH])c1ccccc1. The molecule has 0 heterocycles. The molecular weight excluding hydrogens is 143 g/mol. The fourth-order valence-corrected chi connectivity index (χ4v) is 0.860. The monoisotopic (exact) mass is 151 g/mol. The van der Waals surface area contributed by atoms with Crippen LogP contribution in [-0.4, -0.2) is 26.4 Å². The molecule has 0 saturated heterocycles. The van der Waals surface area contributed by atoms with E-state index in [0.717, 1.165) is 5.56 Å². The summed E-state index contributed by atoms with van der Waals surface area (Å²) < 4.78 is 0.149. The van der Waals surface area contributed by atoms with E-state index < -0.39 is 0 Å². The van der Waals surface area contributed by atoms with E-state index in [9.17, 15) is 4.79 Å². The Hall–Kier alpha value is -0.618. The molecule has 1 aromatic rings. The van der Waals surface area contributed by atoms with Crippen molar-refractivity contribution in [1.82, 2.24) is 0 Å². The summed E-state index contributed by atoms with van der Waals surface area (Å²) in [6, 6.07) is 9.25. The van der Waals surface area contributed by atoms with Gasteiger partial charge in [0, 0.05) is 0 Å². The predicted octanol–water partition coefficient (Wildman–Crippen LogP) is -0.0971. The van der Waals surface area contributed by atoms with E-state index in [1.54, 1.807) is 0 Å². The summed E-state index contributed by atoms with van der Waals surface area (Å²) in [6.07, 6.45) is 0. The Morgan fingerprint density at radius 2 is 1.70 bits per heavy atom. The summed E-state index contributed by atoms with van der Waals surface area (Å²) in [4.78, 5) is 10.7. The molecule has 0 unspecified atom stereocenters. The van der Waals surface area contributed by atoms with Crippen molar-refractivity contribution in [3.8, 4) is 0 Å². The van der Waals surface area contributed by atoms with Gasteiger partial charge in [-0.2, -0.15) is 0 Å². The molecule has 1 rings (SSSR count). The molecule has 1 radical (unpaired) electrons. The minimum absolute atomic E-state index is 0. The summed E-state index contributed by atoms with van der Waals surface area (Å²) in [7, 11) is 0. The fourth-order valence-electron chi connectivity index (χ4n) is 0.624. The number of hydrogen-bond acceptors (Lipinski definition) is 1. The van der Waals surface area contributed by atoms with Gasteiger partial charge in [0.1, 0.15) is 0 Å². The molecule has 0 amide bonds. The summed E-state index contributed by atoms with van der Waals surface area (Å²) in [5.41, 5.74) is 0.788. The smallest absolute Gasteiger partial charge is 0.295 e. The van der Waals surface area contributed by atoms with Gasteiger partial charge in [0.15, 0.2) is 0 Å². The zero-order valence-corrected chi connectivity index (χ0v) is 6.92. The maximum absolute atomic E-state index is 10.7. The average molecular weight is 151 g/mol. The van der Waals surface area contributed by atoms with E-state index in [1.165, 1.54) is 16.3 Å². The second-order valence-electron chi connectivity index (χ2n) is 1.79. The predicted molar refractivity (Wildman–Crippen MR) is 41.5 cm³/mol. The first-order valence-corrected chi connectivity index (χ1v) is 3.43. The molecule has 2 N–H and O–H groups in total. The Kier molecular flexibility index (Phi) is 3.98. The molecule has 0 aliphatic carbocycles. The number of hydrogen-bond donors (Lipinski definition) is 0. The van der Waals surface area contributed by atoms with Crippen molar-refractivity contribution in [3.63, 3.8) is 0 Å². The van der Waals surface area contributed by atoms with Crippen molar-refractivity contribution >= 4 is 20.9 Å². The highest BCUT2D eigenvalue weighted by atomic mass is 27.0. The van der Waals surface area contributed by atoms with E-state index >= 15 is 0 Å². The van der Waals surface area contributed by atoms with Crippen LogP contribution >= 0.6 is 0 Å². The lowest BCUT2D eigenvalue weighted by Gasteiger charge is -1.90. The van der Waals surface area contributed by atoms with Gasteiger partial charge in [0.2, 0.25) is 0 Å². The standard InChI is InChI=1S/C7H5O.Al.H2O.H/c8-6-7-4-2-1-3-5-7;;;/h1-5H;;1H2;. The Balaban J connectivity index is 0.000000810. The molecule has 0 aliphatic rings. The minimum atomic E-state index is 0. The third-order valence-corrected chi connectivity index (χ3v) is 1.50. The third kappa shape index (κ3) is 2.32. The number of benzene rings is 1. The second kappa shape index (κ2) is 4.24. The third-order valence-electron chi connectivity index (χ3n) is 1.10.